The molecule has 0 fully saturated rings. The Balaban J connectivity index is 1.69. The summed E-state index contributed by atoms with van der Waals surface area (Å²) in [6.07, 6.45) is 3.40. The molecule has 0 unspecified atom stereocenters. The van der Waals surface area contributed by atoms with Crippen molar-refractivity contribution in [2.24, 2.45) is 0 Å². The Morgan fingerprint density at radius 3 is 2.52 bits per heavy atom. The van der Waals surface area contributed by atoms with Crippen LogP contribution in [-0.2, 0) is 12.0 Å². The maximum absolute atomic E-state index is 15.3. The molecule has 0 aliphatic carbocycles. The van der Waals surface area contributed by atoms with Crippen molar-refractivity contribution in [2.45, 2.75) is 32.8 Å². The van der Waals surface area contributed by atoms with Gasteiger partial charge in [-0.25, -0.2) is 9.37 Å². The Labute approximate surface area is 231 Å². The van der Waals surface area contributed by atoms with Crippen molar-refractivity contribution >= 4 is 33.3 Å². The predicted octanol–water partition coefficient (Wildman–Crippen LogP) is 4.33. The van der Waals surface area contributed by atoms with Gasteiger partial charge in [-0.15, -0.1) is 0 Å². The normalized spacial score (nSPS) is 11.9. The summed E-state index contributed by atoms with van der Waals surface area (Å²) in [5.74, 6) is 0.117. The second-order valence-corrected chi connectivity index (χ2v) is 10.7. The Hall–Kier alpha value is -4.28. The summed E-state index contributed by atoms with van der Waals surface area (Å²) < 4.78 is 18.3. The molecule has 0 saturated carbocycles. The summed E-state index contributed by atoms with van der Waals surface area (Å²) in [5, 5.41) is 25.9. The molecule has 40 heavy (non-hydrogen) atoms. The average Bonchev–Trinajstić information content (AvgIpc) is 3.30. The Bertz CT molecular complexity index is 1770. The maximum Gasteiger partial charge on any atom is 0.282 e. The number of benzene rings is 2. The molecule has 2 aromatic carbocycles. The van der Waals surface area contributed by atoms with E-state index in [0.29, 0.717) is 40.3 Å². The first kappa shape index (κ1) is 27.3. The van der Waals surface area contributed by atoms with Crippen LogP contribution >= 0.6 is 0 Å². The van der Waals surface area contributed by atoms with Crippen LogP contribution in [0.3, 0.4) is 0 Å². The van der Waals surface area contributed by atoms with E-state index in [1.165, 1.54) is 12.3 Å². The molecule has 0 amide bonds. The van der Waals surface area contributed by atoms with E-state index in [0.717, 1.165) is 27.9 Å². The summed E-state index contributed by atoms with van der Waals surface area (Å²) in [6, 6.07) is 12.4. The number of aliphatic hydroxyl groups excluding tert-OH is 1. The predicted molar refractivity (Wildman–Crippen MR) is 159 cm³/mol. The third-order valence-electron chi connectivity index (χ3n) is 7.08. The van der Waals surface area contributed by atoms with E-state index in [9.17, 15) is 9.90 Å². The fraction of sp³-hybridized carbons (Fsp3) is 0.300. The number of anilines is 2. The van der Waals surface area contributed by atoms with E-state index in [4.69, 9.17) is 4.98 Å². The van der Waals surface area contributed by atoms with Gasteiger partial charge >= 0.3 is 0 Å². The highest BCUT2D eigenvalue weighted by Crippen LogP contribution is 2.32. The number of likely N-dealkylation sites (N-methyl/N-ethyl adjacent to an activating group) is 1. The molecular formula is C30H34FN7O2. The van der Waals surface area contributed by atoms with E-state index in [2.05, 4.69) is 21.0 Å². The van der Waals surface area contributed by atoms with E-state index < -0.39 is 11.4 Å². The zero-order valence-corrected chi connectivity index (χ0v) is 23.3. The number of aliphatic hydroxyl groups is 1. The van der Waals surface area contributed by atoms with Crippen LogP contribution in [0.5, 0.6) is 0 Å². The lowest BCUT2D eigenvalue weighted by molar-refractivity contribution is 0.281. The average molecular weight is 544 g/mol. The Morgan fingerprint density at radius 2 is 1.82 bits per heavy atom. The van der Waals surface area contributed by atoms with E-state index >= 15 is 4.39 Å². The summed E-state index contributed by atoms with van der Waals surface area (Å²) in [5.41, 5.74) is 2.88. The molecule has 4 N–H and O–H groups in total. The second-order valence-electron chi connectivity index (χ2n) is 10.7. The highest BCUT2D eigenvalue weighted by molar-refractivity contribution is 5.93. The first-order valence-electron chi connectivity index (χ1n) is 13.2. The van der Waals surface area contributed by atoms with Crippen LogP contribution in [0, 0.1) is 5.82 Å². The third kappa shape index (κ3) is 4.80. The molecule has 0 radical (unpaired) electrons. The molecule has 0 bridgehead atoms. The minimum atomic E-state index is -0.595. The van der Waals surface area contributed by atoms with Gasteiger partial charge in [0.15, 0.2) is 0 Å². The minimum absolute atomic E-state index is 0.0415. The number of pyridine rings is 1. The summed E-state index contributed by atoms with van der Waals surface area (Å²) in [4.78, 5) is 18.4. The molecular weight excluding hydrogens is 509 g/mol. The van der Waals surface area contributed by atoms with Crippen molar-refractivity contribution in [3.63, 3.8) is 0 Å². The molecule has 10 heteroatoms. The van der Waals surface area contributed by atoms with Crippen molar-refractivity contribution in [3.8, 4) is 11.4 Å². The monoisotopic (exact) mass is 543 g/mol. The molecule has 3 heterocycles. The smallest absolute Gasteiger partial charge is 0.282 e. The highest BCUT2D eigenvalue weighted by atomic mass is 19.1. The van der Waals surface area contributed by atoms with Crippen molar-refractivity contribution in [1.29, 1.82) is 0 Å². The van der Waals surface area contributed by atoms with Gasteiger partial charge < -0.3 is 21.1 Å². The molecule has 0 saturated heterocycles. The lowest BCUT2D eigenvalue weighted by Gasteiger charge is -2.20. The first-order valence-corrected chi connectivity index (χ1v) is 13.2. The third-order valence-corrected chi connectivity index (χ3v) is 7.08. The van der Waals surface area contributed by atoms with E-state index in [1.807, 2.05) is 63.8 Å². The topological polar surface area (TPSA) is 109 Å². The number of nitrogens with one attached hydrogen (secondary N) is 3. The van der Waals surface area contributed by atoms with Gasteiger partial charge in [0.2, 0.25) is 0 Å². The summed E-state index contributed by atoms with van der Waals surface area (Å²) in [7, 11) is 3.72. The molecule has 3 aromatic heterocycles. The number of nitrogens with zero attached hydrogens (tertiary/aromatic N) is 4. The van der Waals surface area contributed by atoms with Gasteiger partial charge in [0, 0.05) is 42.7 Å². The van der Waals surface area contributed by atoms with Crippen molar-refractivity contribution in [3.05, 3.63) is 82.2 Å². The standard InChI is InChI=1S/C30H34FN7O2/c1-30(2,3)19-13-18-15-35-38(29(40)27(18)22(31)14-19)25-8-6-7-24(21(25)17-39)37-16-23(33-5)20-9-10-26(36-28(20)37)34-12-11-32-4/h6-10,13-16,32-33,39H,11-12,17H2,1-5H3,(H,34,36). The van der Waals surface area contributed by atoms with Crippen molar-refractivity contribution in [2.75, 3.05) is 37.8 Å². The zero-order valence-electron chi connectivity index (χ0n) is 23.3. The Kier molecular flexibility index (Phi) is 7.31. The van der Waals surface area contributed by atoms with Crippen LogP contribution in [0.2, 0.25) is 0 Å². The largest absolute Gasteiger partial charge is 0.392 e. The van der Waals surface area contributed by atoms with E-state index in [1.54, 1.807) is 18.2 Å². The van der Waals surface area contributed by atoms with Gasteiger partial charge in [-0.2, -0.15) is 9.78 Å². The van der Waals surface area contributed by atoms with Gasteiger partial charge in [0.25, 0.3) is 5.56 Å². The van der Waals surface area contributed by atoms with Crippen LogP contribution in [0.1, 0.15) is 31.9 Å². The quantitative estimate of drug-likeness (QED) is 0.216. The van der Waals surface area contributed by atoms with Gasteiger partial charge in [0.05, 0.1) is 35.3 Å². The van der Waals surface area contributed by atoms with Crippen LogP contribution < -0.4 is 21.5 Å². The molecule has 0 aliphatic heterocycles. The van der Waals surface area contributed by atoms with Crippen molar-refractivity contribution in [1.82, 2.24) is 24.6 Å². The molecule has 0 atom stereocenters. The molecule has 208 valence electrons. The fourth-order valence-electron chi connectivity index (χ4n) is 4.89. The van der Waals surface area contributed by atoms with Crippen LogP contribution in [0.4, 0.5) is 15.9 Å². The zero-order chi connectivity index (χ0) is 28.6. The fourth-order valence-corrected chi connectivity index (χ4v) is 4.89. The van der Waals surface area contributed by atoms with Gasteiger partial charge in [0.1, 0.15) is 17.3 Å². The van der Waals surface area contributed by atoms with E-state index in [-0.39, 0.29) is 17.4 Å². The maximum atomic E-state index is 15.3. The Morgan fingerprint density at radius 1 is 1.05 bits per heavy atom. The minimum Gasteiger partial charge on any atom is -0.392 e. The lowest BCUT2D eigenvalue weighted by atomic mass is 9.86. The van der Waals surface area contributed by atoms with Gasteiger partial charge in [-0.3, -0.25) is 9.36 Å². The number of fused-ring (bicyclic) bond motifs is 2. The molecule has 0 spiro atoms. The molecule has 5 rings (SSSR count). The van der Waals surface area contributed by atoms with Crippen LogP contribution in [-0.4, -0.2) is 51.6 Å². The number of halogens is 1. The number of aromatic nitrogens is 4. The summed E-state index contributed by atoms with van der Waals surface area (Å²) >= 11 is 0. The second kappa shape index (κ2) is 10.7. The molecule has 0 aliphatic rings. The number of hydrogen-bond acceptors (Lipinski definition) is 7. The van der Waals surface area contributed by atoms with Crippen molar-refractivity contribution < 1.29 is 9.50 Å². The lowest BCUT2D eigenvalue weighted by Crippen LogP contribution is -2.24. The molecule has 9 nitrogen and oxygen atoms in total. The van der Waals surface area contributed by atoms with Crippen LogP contribution in [0.25, 0.3) is 33.2 Å². The SMILES string of the molecule is CNCCNc1ccc2c(NC)cn(-c3cccc(-n4ncc5cc(C(C)(C)C)cc(F)c5c4=O)c3CO)c2n1. The van der Waals surface area contributed by atoms with Gasteiger partial charge in [-0.05, 0) is 54.4 Å². The number of rotatable bonds is 8. The highest BCUT2D eigenvalue weighted by Gasteiger charge is 2.21. The number of hydrogen-bond donors (Lipinski definition) is 4. The van der Waals surface area contributed by atoms with Crippen LogP contribution in [0.15, 0.2) is 59.7 Å². The molecule has 5 aromatic rings. The van der Waals surface area contributed by atoms with Gasteiger partial charge in [-0.1, -0.05) is 26.8 Å². The first-order chi connectivity index (χ1) is 19.2. The summed E-state index contributed by atoms with van der Waals surface area (Å²) in [6.45, 7) is 7.07.